The van der Waals surface area contributed by atoms with Crippen LogP contribution in [0.3, 0.4) is 0 Å². The van der Waals surface area contributed by atoms with Crippen LogP contribution >= 0.6 is 0 Å². The van der Waals surface area contributed by atoms with E-state index >= 15 is 0 Å². The van der Waals surface area contributed by atoms with Gasteiger partial charge >= 0.3 is 0 Å². The van der Waals surface area contributed by atoms with Crippen LogP contribution in [0.5, 0.6) is 0 Å². The van der Waals surface area contributed by atoms with Crippen molar-refractivity contribution in [2.24, 2.45) is 11.1 Å². The van der Waals surface area contributed by atoms with Crippen LogP contribution in [0.2, 0.25) is 0 Å². The minimum Gasteiger partial charge on any atom is -0.264 e. The molecule has 0 saturated carbocycles. The van der Waals surface area contributed by atoms with Crippen LogP contribution in [0.15, 0.2) is 24.5 Å². The van der Waals surface area contributed by atoms with Gasteiger partial charge in [0.05, 0.1) is 17.2 Å². The molecule has 2 N–H and O–H groups in total. The average molecular weight is 359 g/mol. The van der Waals surface area contributed by atoms with Gasteiger partial charge in [-0.3, -0.25) is 9.67 Å². The number of aryl methyl sites for hydroxylation is 2. The largest absolute Gasteiger partial charge is 0.276 e. The number of pyridine rings is 1. The number of benzene rings is 1. The fourth-order valence-electron chi connectivity index (χ4n) is 3.59. The topological polar surface area (TPSA) is 94.1 Å². The average Bonchev–Trinajstić information content (AvgIpc) is 3.16. The molecule has 8 heteroatoms. The first-order valence-electron chi connectivity index (χ1n) is 8.32. The third kappa shape index (κ3) is 2.90. The normalized spacial score (nSPS) is 19.2. The SMILES string of the molecule is Cc1cc2ncc3cnn(CC4CCN(S(N)(=O)=O)C4)c3c2cc1C. The summed E-state index contributed by atoms with van der Waals surface area (Å²) in [7, 11) is -3.61. The van der Waals surface area contributed by atoms with Crippen molar-refractivity contribution in [2.75, 3.05) is 13.1 Å². The summed E-state index contributed by atoms with van der Waals surface area (Å²) in [6.07, 6.45) is 4.46. The summed E-state index contributed by atoms with van der Waals surface area (Å²) in [6, 6.07) is 4.25. The third-order valence-corrected chi connectivity index (χ3v) is 6.17. The molecule has 0 bridgehead atoms. The summed E-state index contributed by atoms with van der Waals surface area (Å²) in [5.74, 6) is 0.205. The molecule has 1 aromatic carbocycles. The Morgan fingerprint density at radius 2 is 2.00 bits per heavy atom. The van der Waals surface area contributed by atoms with E-state index in [1.54, 1.807) is 0 Å². The molecule has 4 rings (SSSR count). The predicted octanol–water partition coefficient (Wildman–Crippen LogP) is 1.73. The smallest absolute Gasteiger partial charge is 0.264 e. The molecule has 0 amide bonds. The molecule has 3 heterocycles. The van der Waals surface area contributed by atoms with Crippen molar-refractivity contribution in [1.29, 1.82) is 0 Å². The summed E-state index contributed by atoms with van der Waals surface area (Å²) in [5.41, 5.74) is 4.44. The second kappa shape index (κ2) is 5.76. The highest BCUT2D eigenvalue weighted by Crippen LogP contribution is 2.28. The van der Waals surface area contributed by atoms with E-state index in [2.05, 4.69) is 36.1 Å². The van der Waals surface area contributed by atoms with E-state index in [-0.39, 0.29) is 5.92 Å². The Bertz CT molecular complexity index is 1070. The van der Waals surface area contributed by atoms with Crippen molar-refractivity contribution in [2.45, 2.75) is 26.8 Å². The molecule has 1 fully saturated rings. The first-order chi connectivity index (χ1) is 11.8. The molecule has 2 aromatic heterocycles. The van der Waals surface area contributed by atoms with Gasteiger partial charge in [-0.2, -0.15) is 17.8 Å². The minimum atomic E-state index is -3.61. The van der Waals surface area contributed by atoms with Gasteiger partial charge in [0.2, 0.25) is 0 Å². The van der Waals surface area contributed by atoms with Gasteiger partial charge in [-0.15, -0.1) is 0 Å². The fourth-order valence-corrected chi connectivity index (χ4v) is 4.36. The molecule has 7 nitrogen and oxygen atoms in total. The summed E-state index contributed by atoms with van der Waals surface area (Å²) in [6.45, 7) is 5.76. The van der Waals surface area contributed by atoms with E-state index in [1.165, 1.54) is 15.4 Å². The molecule has 0 radical (unpaired) electrons. The van der Waals surface area contributed by atoms with Crippen LogP contribution in [0.25, 0.3) is 21.8 Å². The van der Waals surface area contributed by atoms with Crippen LogP contribution in [0, 0.1) is 19.8 Å². The quantitative estimate of drug-likeness (QED) is 0.770. The maximum atomic E-state index is 11.5. The Balaban J connectivity index is 1.73. The Kier molecular flexibility index (Phi) is 3.78. The molecule has 0 aliphatic carbocycles. The summed E-state index contributed by atoms with van der Waals surface area (Å²) >= 11 is 0. The molecular formula is C17H21N5O2S. The molecule has 1 atom stereocenters. The van der Waals surface area contributed by atoms with Gasteiger partial charge in [0.1, 0.15) is 0 Å². The predicted molar refractivity (Wildman–Crippen MR) is 97.3 cm³/mol. The number of hydrogen-bond acceptors (Lipinski definition) is 4. The Hall–Kier alpha value is -2.03. The lowest BCUT2D eigenvalue weighted by molar-refractivity contribution is 0.419. The summed E-state index contributed by atoms with van der Waals surface area (Å²) in [4.78, 5) is 4.54. The zero-order chi connectivity index (χ0) is 17.8. The van der Waals surface area contributed by atoms with Crippen molar-refractivity contribution in [3.8, 4) is 0 Å². The third-order valence-electron chi connectivity index (χ3n) is 5.12. The van der Waals surface area contributed by atoms with Gasteiger partial charge in [0.15, 0.2) is 0 Å². The van der Waals surface area contributed by atoms with Crippen molar-refractivity contribution in [3.05, 3.63) is 35.7 Å². The molecule has 1 aliphatic heterocycles. The second-order valence-corrected chi connectivity index (χ2v) is 8.45. The van der Waals surface area contributed by atoms with Gasteiger partial charge in [-0.05, 0) is 49.4 Å². The number of rotatable bonds is 3. The number of hydrogen-bond donors (Lipinski definition) is 1. The van der Waals surface area contributed by atoms with Crippen LogP contribution < -0.4 is 5.14 Å². The van der Waals surface area contributed by atoms with Crippen molar-refractivity contribution in [3.63, 3.8) is 0 Å². The van der Waals surface area contributed by atoms with Gasteiger partial charge in [-0.1, -0.05) is 0 Å². The maximum absolute atomic E-state index is 11.5. The summed E-state index contributed by atoms with van der Waals surface area (Å²) < 4.78 is 26.3. The van der Waals surface area contributed by atoms with Crippen LogP contribution in [0.1, 0.15) is 17.5 Å². The van der Waals surface area contributed by atoms with E-state index in [0.29, 0.717) is 19.6 Å². The molecule has 3 aromatic rings. The minimum absolute atomic E-state index is 0.205. The highest BCUT2D eigenvalue weighted by molar-refractivity contribution is 7.86. The van der Waals surface area contributed by atoms with Gasteiger partial charge in [0.25, 0.3) is 10.2 Å². The van der Waals surface area contributed by atoms with Gasteiger partial charge in [0, 0.05) is 36.6 Å². The standard InChI is InChI=1S/C17H21N5O2S/c1-11-5-15-16(6-12(11)2)19-7-14-8-20-22(17(14)15)10-13-3-4-21(9-13)25(18,23)24/h5-8,13H,3-4,9-10H2,1-2H3,(H2,18,23,24). The molecule has 132 valence electrons. The zero-order valence-corrected chi connectivity index (χ0v) is 15.1. The molecule has 0 spiro atoms. The maximum Gasteiger partial charge on any atom is 0.276 e. The molecule has 1 unspecified atom stereocenters. The number of nitrogens with two attached hydrogens (primary N) is 1. The van der Waals surface area contributed by atoms with E-state index in [9.17, 15) is 8.42 Å². The lowest BCUT2D eigenvalue weighted by atomic mass is 10.0. The Morgan fingerprint density at radius 1 is 1.24 bits per heavy atom. The van der Waals surface area contributed by atoms with E-state index in [4.69, 9.17) is 5.14 Å². The van der Waals surface area contributed by atoms with Gasteiger partial charge < -0.3 is 0 Å². The summed E-state index contributed by atoms with van der Waals surface area (Å²) in [5, 5.41) is 11.8. The lowest BCUT2D eigenvalue weighted by Crippen LogP contribution is -2.35. The highest BCUT2D eigenvalue weighted by atomic mass is 32.2. The monoisotopic (exact) mass is 359 g/mol. The molecular weight excluding hydrogens is 338 g/mol. The first kappa shape index (κ1) is 16.4. The Morgan fingerprint density at radius 3 is 2.72 bits per heavy atom. The number of fused-ring (bicyclic) bond motifs is 3. The van der Waals surface area contributed by atoms with E-state index < -0.39 is 10.2 Å². The Labute approximate surface area is 146 Å². The zero-order valence-electron chi connectivity index (χ0n) is 14.3. The molecule has 1 aliphatic rings. The fraction of sp³-hybridized carbons (Fsp3) is 0.412. The molecule has 1 saturated heterocycles. The van der Waals surface area contributed by atoms with E-state index in [0.717, 1.165) is 28.2 Å². The van der Waals surface area contributed by atoms with Gasteiger partial charge in [-0.25, -0.2) is 5.14 Å². The van der Waals surface area contributed by atoms with E-state index in [1.807, 2.05) is 17.1 Å². The second-order valence-electron chi connectivity index (χ2n) is 6.90. The number of nitrogens with zero attached hydrogens (tertiary/aromatic N) is 4. The molecule has 25 heavy (non-hydrogen) atoms. The number of aromatic nitrogens is 3. The van der Waals surface area contributed by atoms with Crippen molar-refractivity contribution in [1.82, 2.24) is 19.1 Å². The van der Waals surface area contributed by atoms with Crippen LogP contribution in [0.4, 0.5) is 0 Å². The van der Waals surface area contributed by atoms with Crippen LogP contribution in [-0.4, -0.2) is 40.6 Å². The first-order valence-corrected chi connectivity index (χ1v) is 9.82. The van der Waals surface area contributed by atoms with Crippen molar-refractivity contribution < 1.29 is 8.42 Å². The lowest BCUT2D eigenvalue weighted by Gasteiger charge is -2.14. The van der Waals surface area contributed by atoms with Crippen LogP contribution in [-0.2, 0) is 16.8 Å². The highest BCUT2D eigenvalue weighted by Gasteiger charge is 2.29. The van der Waals surface area contributed by atoms with Crippen molar-refractivity contribution >= 4 is 32.0 Å².